The molecule has 0 spiro atoms. The van der Waals surface area contributed by atoms with Crippen molar-refractivity contribution in [3.05, 3.63) is 100 Å². The first-order chi connectivity index (χ1) is 22.6. The van der Waals surface area contributed by atoms with Gasteiger partial charge < -0.3 is 19.4 Å². The number of hydrogen-bond acceptors (Lipinski definition) is 5. The Bertz CT molecular complexity index is 1560. The maximum Gasteiger partial charge on any atom is 0.311 e. The predicted octanol–water partition coefficient (Wildman–Crippen LogP) is 7.71. The molecule has 0 saturated heterocycles. The van der Waals surface area contributed by atoms with Crippen LogP contribution < -0.4 is 5.32 Å². The molecule has 7 heteroatoms. The van der Waals surface area contributed by atoms with E-state index in [2.05, 4.69) is 53.8 Å². The van der Waals surface area contributed by atoms with Crippen LogP contribution in [0.5, 0.6) is 0 Å². The number of carbonyl (C=O) groups is 3. The van der Waals surface area contributed by atoms with Crippen molar-refractivity contribution in [3.63, 3.8) is 0 Å². The van der Waals surface area contributed by atoms with E-state index in [1.165, 1.54) is 61.8 Å². The fourth-order valence-corrected chi connectivity index (χ4v) is 6.24. The van der Waals surface area contributed by atoms with Gasteiger partial charge in [0.2, 0.25) is 5.91 Å². The Morgan fingerprint density at radius 3 is 2.00 bits per heavy atom. The van der Waals surface area contributed by atoms with E-state index in [1.54, 1.807) is 0 Å². The van der Waals surface area contributed by atoms with E-state index in [9.17, 15) is 14.4 Å². The molecule has 1 heterocycles. The number of amides is 1. The minimum Gasteiger partial charge on any atom is -0.463 e. The van der Waals surface area contributed by atoms with Crippen LogP contribution >= 0.6 is 0 Å². The zero-order chi connectivity index (χ0) is 33.4. The molecule has 250 valence electrons. The second-order valence-corrected chi connectivity index (χ2v) is 13.8. The fraction of sp³-hybridized carbons (Fsp3) is 0.475. The summed E-state index contributed by atoms with van der Waals surface area (Å²) in [6, 6.07) is 21.8. The molecule has 5 rings (SSSR count). The number of ether oxygens (including phenoxy) is 2. The highest BCUT2D eigenvalue weighted by molar-refractivity contribution is 5.77. The Balaban J connectivity index is 1.24. The molecule has 2 saturated carbocycles. The number of carbonyl (C=O) groups excluding carboxylic acids is 3. The normalized spacial score (nSPS) is 16.0. The van der Waals surface area contributed by atoms with Crippen molar-refractivity contribution in [1.82, 2.24) is 9.88 Å². The number of rotatable bonds is 17. The van der Waals surface area contributed by atoms with Crippen molar-refractivity contribution in [1.29, 1.82) is 0 Å². The molecule has 1 N–H and O–H groups in total. The second kappa shape index (κ2) is 15.6. The van der Waals surface area contributed by atoms with Gasteiger partial charge in [-0.3, -0.25) is 14.4 Å². The van der Waals surface area contributed by atoms with Gasteiger partial charge in [-0.25, -0.2) is 0 Å². The number of esters is 2. The number of aryl methyl sites for hydroxylation is 3. The monoisotopic (exact) mass is 638 g/mol. The van der Waals surface area contributed by atoms with Crippen molar-refractivity contribution in [2.75, 3.05) is 6.61 Å². The smallest absolute Gasteiger partial charge is 0.311 e. The number of hydrogen-bond donors (Lipinski definition) is 1. The first-order valence-corrected chi connectivity index (χ1v) is 17.2. The van der Waals surface area contributed by atoms with E-state index < -0.39 is 5.54 Å². The summed E-state index contributed by atoms with van der Waals surface area (Å²) >= 11 is 0. The predicted molar refractivity (Wildman–Crippen MR) is 185 cm³/mol. The Morgan fingerprint density at radius 1 is 0.851 bits per heavy atom. The Hall–Kier alpha value is -4.13. The lowest BCUT2D eigenvalue weighted by molar-refractivity contribution is -0.144. The molecule has 0 radical (unpaired) electrons. The number of allylic oxidation sites excluding steroid dienone is 1. The summed E-state index contributed by atoms with van der Waals surface area (Å²) in [5, 5.41) is 2.95. The lowest BCUT2D eigenvalue weighted by Crippen LogP contribution is -2.49. The Morgan fingerprint density at radius 2 is 1.45 bits per heavy atom. The molecular formula is C40H50N2O5. The van der Waals surface area contributed by atoms with Crippen LogP contribution in [-0.2, 0) is 50.2 Å². The van der Waals surface area contributed by atoms with Gasteiger partial charge in [-0.15, -0.1) is 0 Å². The van der Waals surface area contributed by atoms with Gasteiger partial charge in [-0.2, -0.15) is 0 Å². The molecule has 1 amide bonds. The molecule has 0 aliphatic heterocycles. The summed E-state index contributed by atoms with van der Waals surface area (Å²) in [7, 11) is 1.97. The summed E-state index contributed by atoms with van der Waals surface area (Å²) in [6.07, 6.45) is 11.9. The van der Waals surface area contributed by atoms with Gasteiger partial charge in [0.15, 0.2) is 5.76 Å². The number of aromatic nitrogens is 1. The zero-order valence-electron chi connectivity index (χ0n) is 28.5. The molecule has 0 bridgehead atoms. The summed E-state index contributed by atoms with van der Waals surface area (Å²) in [6.45, 7) is 4.80. The average Bonchev–Trinajstić information content (AvgIpc) is 3.97. The van der Waals surface area contributed by atoms with E-state index >= 15 is 0 Å². The molecule has 0 unspecified atom stereocenters. The third-order valence-electron chi connectivity index (χ3n) is 9.37. The van der Waals surface area contributed by atoms with Gasteiger partial charge in [0.1, 0.15) is 6.61 Å². The third-order valence-corrected chi connectivity index (χ3v) is 9.37. The van der Waals surface area contributed by atoms with Crippen molar-refractivity contribution in [2.24, 2.45) is 7.05 Å². The van der Waals surface area contributed by atoms with Crippen LogP contribution in [0.1, 0.15) is 118 Å². The molecule has 1 aromatic heterocycles. The minimum atomic E-state index is -0.708. The van der Waals surface area contributed by atoms with Crippen LogP contribution in [0.3, 0.4) is 0 Å². The SMILES string of the molecule is CC(=O)N[C@](C)(CCc1ccc(C(=CCCc2ccc(C3CC3)cc2)OC(=O)CCCc2ccc(C3CC3)cc2)n1C)COC(C)=O. The quantitative estimate of drug-likeness (QED) is 0.121. The molecule has 7 nitrogen and oxygen atoms in total. The van der Waals surface area contributed by atoms with Crippen LogP contribution in [0, 0.1) is 0 Å². The molecule has 2 aliphatic rings. The first kappa shape index (κ1) is 34.2. The Labute approximate surface area is 279 Å². The zero-order valence-corrected chi connectivity index (χ0v) is 28.5. The highest BCUT2D eigenvalue weighted by Crippen LogP contribution is 2.40. The highest BCUT2D eigenvalue weighted by atomic mass is 16.5. The minimum absolute atomic E-state index is 0.0915. The molecule has 2 fully saturated rings. The molecule has 1 atom stereocenters. The summed E-state index contributed by atoms with van der Waals surface area (Å²) in [4.78, 5) is 36.6. The van der Waals surface area contributed by atoms with E-state index in [4.69, 9.17) is 9.47 Å². The molecular weight excluding hydrogens is 588 g/mol. The second-order valence-electron chi connectivity index (χ2n) is 13.8. The standard InChI is InChI=1S/C40H50N2O5/c1-28(43)41-40(3,27-46-29(2)44)26-25-36-23-24-37(42(36)4)38(9-5-7-30-11-15-32(16-12-30)34-19-20-34)47-39(45)10-6-8-31-13-17-33(18-14-31)35-21-22-35/h9,11-18,23-24,34-35H,5-8,10,19-22,25-27H2,1-4H3,(H,41,43)/t40-/m1/s1. The van der Waals surface area contributed by atoms with Gasteiger partial charge in [-0.05, 0) is 123 Å². The lowest BCUT2D eigenvalue weighted by atomic mass is 9.95. The van der Waals surface area contributed by atoms with E-state index in [0.717, 1.165) is 48.9 Å². The van der Waals surface area contributed by atoms with Crippen molar-refractivity contribution >= 4 is 23.6 Å². The third kappa shape index (κ3) is 10.4. The van der Waals surface area contributed by atoms with E-state index in [0.29, 0.717) is 25.0 Å². The maximum absolute atomic E-state index is 13.2. The molecule has 3 aromatic rings. The summed E-state index contributed by atoms with van der Waals surface area (Å²) in [5.41, 5.74) is 6.50. The van der Waals surface area contributed by atoms with Crippen LogP contribution in [-0.4, -0.2) is 34.6 Å². The van der Waals surface area contributed by atoms with Crippen LogP contribution in [0.15, 0.2) is 66.7 Å². The van der Waals surface area contributed by atoms with Gasteiger partial charge >= 0.3 is 11.9 Å². The van der Waals surface area contributed by atoms with Crippen LogP contribution in [0.2, 0.25) is 0 Å². The number of nitrogens with one attached hydrogen (secondary N) is 1. The maximum atomic E-state index is 13.2. The van der Waals surface area contributed by atoms with Crippen molar-refractivity contribution in [3.8, 4) is 0 Å². The number of benzene rings is 2. The van der Waals surface area contributed by atoms with E-state index in [-0.39, 0.29) is 24.5 Å². The highest BCUT2D eigenvalue weighted by Gasteiger charge is 2.28. The van der Waals surface area contributed by atoms with E-state index in [1.807, 2.05) is 36.7 Å². The van der Waals surface area contributed by atoms with Gasteiger partial charge in [0.05, 0.1) is 11.2 Å². The van der Waals surface area contributed by atoms with Crippen LogP contribution in [0.25, 0.3) is 5.76 Å². The first-order valence-electron chi connectivity index (χ1n) is 17.2. The summed E-state index contributed by atoms with van der Waals surface area (Å²) < 4.78 is 13.4. The fourth-order valence-electron chi connectivity index (χ4n) is 6.24. The summed E-state index contributed by atoms with van der Waals surface area (Å²) in [5.74, 6) is 1.25. The number of nitrogens with zero attached hydrogens (tertiary/aromatic N) is 1. The Kier molecular flexibility index (Phi) is 11.4. The van der Waals surface area contributed by atoms with Crippen molar-refractivity contribution < 1.29 is 23.9 Å². The average molecular weight is 639 g/mol. The molecule has 2 aliphatic carbocycles. The topological polar surface area (TPSA) is 86.6 Å². The largest absolute Gasteiger partial charge is 0.463 e. The van der Waals surface area contributed by atoms with Crippen molar-refractivity contribution in [2.45, 2.75) is 109 Å². The van der Waals surface area contributed by atoms with Gasteiger partial charge in [0.25, 0.3) is 0 Å². The van der Waals surface area contributed by atoms with Crippen LogP contribution in [0.4, 0.5) is 0 Å². The molecule has 47 heavy (non-hydrogen) atoms. The molecule has 2 aromatic carbocycles. The lowest BCUT2D eigenvalue weighted by Gasteiger charge is -2.30. The van der Waals surface area contributed by atoms with Gasteiger partial charge in [-0.1, -0.05) is 48.5 Å². The van der Waals surface area contributed by atoms with Gasteiger partial charge in [0, 0.05) is 33.0 Å².